The molecule has 0 aromatic rings. The fourth-order valence-electron chi connectivity index (χ4n) is 0.773. The van der Waals surface area contributed by atoms with E-state index in [1.807, 2.05) is 6.92 Å². The highest BCUT2D eigenvalue weighted by Crippen LogP contribution is 1.89. The highest BCUT2D eigenvalue weighted by Gasteiger charge is 2.12. The summed E-state index contributed by atoms with van der Waals surface area (Å²) in [6, 6.07) is -0.352. The molecule has 3 heteroatoms. The van der Waals surface area contributed by atoms with Gasteiger partial charge in [-0.2, -0.15) is 0 Å². The lowest BCUT2D eigenvalue weighted by Crippen LogP contribution is -2.39. The van der Waals surface area contributed by atoms with Crippen molar-refractivity contribution < 1.29 is 9.90 Å². The number of aliphatic hydroxyl groups excluding tert-OH is 1. The molecule has 3 nitrogen and oxygen atoms in total. The van der Waals surface area contributed by atoms with Gasteiger partial charge in [-0.15, -0.1) is 0 Å². The lowest BCUT2D eigenvalue weighted by Gasteiger charge is -2.11. The standard InChI is InChI=1S/C7H15NO2/c1-3-7(10)6(5-9)8-4-2/h6,8-9H,3-5H2,1-2H3/t6-/m1/s1. The van der Waals surface area contributed by atoms with Crippen LogP contribution in [0.25, 0.3) is 0 Å². The van der Waals surface area contributed by atoms with Gasteiger partial charge in [-0.05, 0) is 6.54 Å². The summed E-state index contributed by atoms with van der Waals surface area (Å²) < 4.78 is 0. The van der Waals surface area contributed by atoms with E-state index in [1.165, 1.54) is 0 Å². The average Bonchev–Trinajstić information content (AvgIpc) is 1.99. The van der Waals surface area contributed by atoms with E-state index in [1.54, 1.807) is 6.92 Å². The van der Waals surface area contributed by atoms with Crippen LogP contribution in [0.15, 0.2) is 0 Å². The van der Waals surface area contributed by atoms with Crippen molar-refractivity contribution in [3.8, 4) is 0 Å². The van der Waals surface area contributed by atoms with E-state index in [0.29, 0.717) is 6.42 Å². The van der Waals surface area contributed by atoms with Gasteiger partial charge in [-0.25, -0.2) is 0 Å². The number of carbonyl (C=O) groups is 1. The Balaban J connectivity index is 3.68. The van der Waals surface area contributed by atoms with Gasteiger partial charge < -0.3 is 10.4 Å². The molecule has 60 valence electrons. The highest BCUT2D eigenvalue weighted by molar-refractivity contribution is 5.83. The van der Waals surface area contributed by atoms with Crippen LogP contribution in [-0.4, -0.2) is 30.1 Å². The zero-order valence-electron chi connectivity index (χ0n) is 6.55. The Morgan fingerprint density at radius 2 is 2.20 bits per heavy atom. The van der Waals surface area contributed by atoms with Crippen LogP contribution in [0.1, 0.15) is 20.3 Å². The third-order valence-corrected chi connectivity index (χ3v) is 1.37. The number of nitrogens with one attached hydrogen (secondary N) is 1. The predicted octanol–water partition coefficient (Wildman–Crippen LogP) is -0.0641. The molecule has 0 aromatic carbocycles. The second-order valence-corrected chi connectivity index (χ2v) is 2.11. The van der Waals surface area contributed by atoms with Crippen LogP contribution >= 0.6 is 0 Å². The Labute approximate surface area is 61.4 Å². The summed E-state index contributed by atoms with van der Waals surface area (Å²) in [4.78, 5) is 10.9. The smallest absolute Gasteiger partial charge is 0.151 e. The van der Waals surface area contributed by atoms with Crippen LogP contribution in [0, 0.1) is 0 Å². The van der Waals surface area contributed by atoms with Crippen molar-refractivity contribution in [1.82, 2.24) is 5.32 Å². The normalized spacial score (nSPS) is 13.1. The van der Waals surface area contributed by atoms with E-state index in [-0.39, 0.29) is 18.4 Å². The largest absolute Gasteiger partial charge is 0.394 e. The molecular weight excluding hydrogens is 130 g/mol. The minimum Gasteiger partial charge on any atom is -0.394 e. The maximum absolute atomic E-state index is 10.9. The lowest BCUT2D eigenvalue weighted by atomic mass is 10.1. The summed E-state index contributed by atoms with van der Waals surface area (Å²) in [6.07, 6.45) is 0.484. The number of carbonyl (C=O) groups excluding carboxylic acids is 1. The first-order chi connectivity index (χ1) is 4.76. The second-order valence-electron chi connectivity index (χ2n) is 2.11. The van der Waals surface area contributed by atoms with E-state index >= 15 is 0 Å². The Hall–Kier alpha value is -0.410. The molecule has 0 fully saturated rings. The van der Waals surface area contributed by atoms with Gasteiger partial charge in [0.25, 0.3) is 0 Å². The van der Waals surface area contributed by atoms with Gasteiger partial charge in [-0.3, -0.25) is 4.79 Å². The Morgan fingerprint density at radius 1 is 1.60 bits per heavy atom. The summed E-state index contributed by atoms with van der Waals surface area (Å²) in [5.41, 5.74) is 0. The number of hydrogen-bond donors (Lipinski definition) is 2. The minimum absolute atomic E-state index is 0.0735. The second kappa shape index (κ2) is 5.38. The zero-order chi connectivity index (χ0) is 7.98. The van der Waals surface area contributed by atoms with E-state index in [2.05, 4.69) is 5.32 Å². The molecule has 0 rings (SSSR count). The molecule has 10 heavy (non-hydrogen) atoms. The van der Waals surface area contributed by atoms with Crippen LogP contribution < -0.4 is 5.32 Å². The van der Waals surface area contributed by atoms with E-state index in [9.17, 15) is 4.79 Å². The van der Waals surface area contributed by atoms with Crippen LogP contribution in [-0.2, 0) is 4.79 Å². The monoisotopic (exact) mass is 145 g/mol. The molecule has 0 aliphatic heterocycles. The zero-order valence-corrected chi connectivity index (χ0v) is 6.55. The van der Waals surface area contributed by atoms with Crippen LogP contribution in [0.5, 0.6) is 0 Å². The van der Waals surface area contributed by atoms with Crippen molar-refractivity contribution in [2.24, 2.45) is 0 Å². The quantitative estimate of drug-likeness (QED) is 0.569. The Bertz CT molecular complexity index is 104. The molecule has 0 unspecified atom stereocenters. The first-order valence-electron chi connectivity index (χ1n) is 3.63. The van der Waals surface area contributed by atoms with Crippen molar-refractivity contribution >= 4 is 5.78 Å². The van der Waals surface area contributed by atoms with Gasteiger partial charge in [0.1, 0.15) is 0 Å². The van der Waals surface area contributed by atoms with Gasteiger partial charge in [-0.1, -0.05) is 13.8 Å². The molecule has 0 aliphatic rings. The van der Waals surface area contributed by atoms with Crippen molar-refractivity contribution in [2.75, 3.05) is 13.2 Å². The summed E-state index contributed by atoms with van der Waals surface area (Å²) >= 11 is 0. The number of ketones is 1. The third kappa shape index (κ3) is 2.94. The SMILES string of the molecule is CCN[C@H](CO)C(=O)CC. The molecule has 0 spiro atoms. The van der Waals surface area contributed by atoms with Crippen molar-refractivity contribution in [3.63, 3.8) is 0 Å². The van der Waals surface area contributed by atoms with Crippen molar-refractivity contribution in [1.29, 1.82) is 0 Å². The third-order valence-electron chi connectivity index (χ3n) is 1.37. The fourth-order valence-corrected chi connectivity index (χ4v) is 0.773. The highest BCUT2D eigenvalue weighted by atomic mass is 16.3. The first-order valence-corrected chi connectivity index (χ1v) is 3.63. The van der Waals surface area contributed by atoms with Gasteiger partial charge in [0.2, 0.25) is 0 Å². The first kappa shape index (κ1) is 9.59. The summed E-state index contributed by atoms with van der Waals surface area (Å²) in [6.45, 7) is 4.32. The molecule has 0 bridgehead atoms. The van der Waals surface area contributed by atoms with E-state index in [0.717, 1.165) is 6.54 Å². The number of likely N-dealkylation sites (N-methyl/N-ethyl adjacent to an activating group) is 1. The lowest BCUT2D eigenvalue weighted by molar-refractivity contribution is -0.121. The van der Waals surface area contributed by atoms with Crippen molar-refractivity contribution in [2.45, 2.75) is 26.3 Å². The predicted molar refractivity (Wildman–Crippen MR) is 39.8 cm³/mol. The topological polar surface area (TPSA) is 49.3 Å². The molecule has 0 aliphatic carbocycles. The molecule has 0 saturated heterocycles. The van der Waals surface area contributed by atoms with Gasteiger partial charge in [0.05, 0.1) is 12.6 Å². The van der Waals surface area contributed by atoms with Gasteiger partial charge in [0.15, 0.2) is 5.78 Å². The van der Waals surface area contributed by atoms with E-state index in [4.69, 9.17) is 5.11 Å². The average molecular weight is 145 g/mol. The van der Waals surface area contributed by atoms with Crippen LogP contribution in [0.3, 0.4) is 0 Å². The molecule has 2 N–H and O–H groups in total. The number of rotatable bonds is 5. The fraction of sp³-hybridized carbons (Fsp3) is 0.857. The van der Waals surface area contributed by atoms with Gasteiger partial charge in [0, 0.05) is 6.42 Å². The maximum Gasteiger partial charge on any atom is 0.151 e. The maximum atomic E-state index is 10.9. The summed E-state index contributed by atoms with van der Waals surface area (Å²) in [5.74, 6) is 0.0735. The number of aliphatic hydroxyl groups is 1. The van der Waals surface area contributed by atoms with Gasteiger partial charge >= 0.3 is 0 Å². The van der Waals surface area contributed by atoms with Crippen LogP contribution in [0.2, 0.25) is 0 Å². The molecular formula is C7H15NO2. The Morgan fingerprint density at radius 3 is 2.50 bits per heavy atom. The molecule has 1 atom stereocenters. The molecule has 0 aromatic heterocycles. The van der Waals surface area contributed by atoms with Crippen LogP contribution in [0.4, 0.5) is 0 Å². The van der Waals surface area contributed by atoms with E-state index < -0.39 is 0 Å². The van der Waals surface area contributed by atoms with Crippen molar-refractivity contribution in [3.05, 3.63) is 0 Å². The molecule has 0 heterocycles. The minimum atomic E-state index is -0.352. The molecule has 0 saturated carbocycles. The summed E-state index contributed by atoms with van der Waals surface area (Å²) in [7, 11) is 0. The number of hydrogen-bond acceptors (Lipinski definition) is 3. The summed E-state index contributed by atoms with van der Waals surface area (Å²) in [5, 5.41) is 11.6. The molecule has 0 radical (unpaired) electrons. The Kier molecular flexibility index (Phi) is 5.16. The number of Topliss-reactive ketones (excluding diaryl/α,β-unsaturated/α-hetero) is 1. The molecule has 0 amide bonds.